The van der Waals surface area contributed by atoms with Gasteiger partial charge in [0.05, 0.1) is 4.75 Å². The number of amides is 1. The molecule has 2 aliphatic rings. The van der Waals surface area contributed by atoms with Crippen LogP contribution in [0, 0.1) is 5.92 Å². The van der Waals surface area contributed by atoms with Crippen LogP contribution in [0.2, 0.25) is 0 Å². The van der Waals surface area contributed by atoms with Crippen LogP contribution in [0.15, 0.2) is 24.3 Å². The van der Waals surface area contributed by atoms with Gasteiger partial charge in [-0.15, -0.1) is 0 Å². The Morgan fingerprint density at radius 3 is 2.25 bits per heavy atom. The number of carbonyl (C=O) groups is 1. The van der Waals surface area contributed by atoms with E-state index < -0.39 is 14.8 Å². The maximum absolute atomic E-state index is 12.3. The van der Waals surface area contributed by atoms with Crippen LogP contribution in [-0.4, -0.2) is 38.2 Å². The molecule has 1 heterocycles. The van der Waals surface area contributed by atoms with Gasteiger partial charge in [-0.3, -0.25) is 4.79 Å². The Labute approximate surface area is 169 Å². The van der Waals surface area contributed by atoms with Crippen LogP contribution in [0.25, 0.3) is 0 Å². The monoisotopic (exact) mass is 407 g/mol. The van der Waals surface area contributed by atoms with Gasteiger partial charge in [-0.25, -0.2) is 13.1 Å². The molecule has 1 amide bonds. The maximum Gasteiger partial charge on any atom is 0.227 e. The van der Waals surface area contributed by atoms with Gasteiger partial charge in [-0.2, -0.15) is 0 Å². The number of carbonyl (C=O) groups excluding carboxylic acids is 1. The van der Waals surface area contributed by atoms with Crippen LogP contribution in [0.4, 0.5) is 11.4 Å². The van der Waals surface area contributed by atoms with Crippen molar-refractivity contribution in [1.82, 2.24) is 4.72 Å². The molecule has 1 saturated carbocycles. The van der Waals surface area contributed by atoms with E-state index >= 15 is 0 Å². The van der Waals surface area contributed by atoms with Crippen molar-refractivity contribution in [2.24, 2.45) is 5.92 Å². The Balaban J connectivity index is 1.44. The van der Waals surface area contributed by atoms with Crippen molar-refractivity contribution in [3.8, 4) is 0 Å². The molecule has 28 heavy (non-hydrogen) atoms. The summed E-state index contributed by atoms with van der Waals surface area (Å²) in [6, 6.07) is 8.12. The quantitative estimate of drug-likeness (QED) is 0.756. The number of benzene rings is 1. The summed E-state index contributed by atoms with van der Waals surface area (Å²) < 4.78 is 26.7. The van der Waals surface area contributed by atoms with Gasteiger partial charge in [0.2, 0.25) is 15.9 Å². The van der Waals surface area contributed by atoms with E-state index in [-0.39, 0.29) is 11.9 Å². The van der Waals surface area contributed by atoms with Crippen LogP contribution in [0.3, 0.4) is 0 Å². The molecule has 1 aromatic rings. The second kappa shape index (κ2) is 8.41. The van der Waals surface area contributed by atoms with Gasteiger partial charge in [0.15, 0.2) is 0 Å². The molecule has 6 nitrogen and oxygen atoms in total. The summed E-state index contributed by atoms with van der Waals surface area (Å²) in [6.45, 7) is 6.90. The predicted molar refractivity (Wildman–Crippen MR) is 114 cm³/mol. The molecule has 3 rings (SSSR count). The van der Waals surface area contributed by atoms with E-state index in [0.717, 1.165) is 56.6 Å². The number of anilines is 2. The third-order valence-corrected chi connectivity index (χ3v) is 8.08. The van der Waals surface area contributed by atoms with E-state index in [4.69, 9.17) is 0 Å². The zero-order valence-electron chi connectivity index (χ0n) is 17.2. The van der Waals surface area contributed by atoms with Gasteiger partial charge < -0.3 is 10.2 Å². The van der Waals surface area contributed by atoms with E-state index in [1.54, 1.807) is 20.8 Å². The van der Waals surface area contributed by atoms with Crippen molar-refractivity contribution < 1.29 is 13.2 Å². The lowest BCUT2D eigenvalue weighted by atomic mass is 9.86. The second-order valence-electron chi connectivity index (χ2n) is 9.03. The normalized spacial score (nSPS) is 23.8. The fourth-order valence-electron chi connectivity index (χ4n) is 3.82. The minimum Gasteiger partial charge on any atom is -0.385 e. The van der Waals surface area contributed by atoms with E-state index in [2.05, 4.69) is 10.0 Å². The van der Waals surface area contributed by atoms with E-state index in [1.165, 1.54) is 0 Å². The Kier molecular flexibility index (Phi) is 6.34. The molecule has 0 bridgehead atoms. The average Bonchev–Trinajstić information content (AvgIpc) is 3.06. The Hall–Kier alpha value is -1.60. The molecular weight excluding hydrogens is 374 g/mol. The zero-order chi connectivity index (χ0) is 20.4. The summed E-state index contributed by atoms with van der Waals surface area (Å²) in [7, 11) is -3.28. The highest BCUT2D eigenvalue weighted by atomic mass is 32.2. The first-order chi connectivity index (χ1) is 13.2. The lowest BCUT2D eigenvalue weighted by Gasteiger charge is -2.31. The fourth-order valence-corrected chi connectivity index (χ4v) is 4.85. The fraction of sp³-hybridized carbons (Fsp3) is 0.667. The number of nitrogens with zero attached hydrogens (tertiary/aromatic N) is 1. The van der Waals surface area contributed by atoms with Crippen LogP contribution in [-0.2, 0) is 14.8 Å². The molecule has 2 N–H and O–H groups in total. The number of hydrogen-bond acceptors (Lipinski definition) is 4. The SMILES string of the molecule is CC(C)(C)S(=O)(=O)NC1CCC(CNc2ccc(N3CCCC3=O)cc2)CC1. The molecule has 0 aromatic heterocycles. The summed E-state index contributed by atoms with van der Waals surface area (Å²) in [6.07, 6.45) is 5.40. The largest absolute Gasteiger partial charge is 0.385 e. The Morgan fingerprint density at radius 2 is 1.71 bits per heavy atom. The third kappa shape index (κ3) is 5.06. The lowest BCUT2D eigenvalue weighted by Crippen LogP contribution is -2.46. The third-order valence-electron chi connectivity index (χ3n) is 5.82. The van der Waals surface area contributed by atoms with E-state index in [0.29, 0.717) is 12.3 Å². The van der Waals surface area contributed by atoms with Crippen molar-refractivity contribution in [3.05, 3.63) is 24.3 Å². The predicted octanol–water partition coefficient (Wildman–Crippen LogP) is 3.50. The summed E-state index contributed by atoms with van der Waals surface area (Å²) in [5.41, 5.74) is 2.03. The zero-order valence-corrected chi connectivity index (χ0v) is 18.0. The number of rotatable bonds is 6. The van der Waals surface area contributed by atoms with Gasteiger partial charge >= 0.3 is 0 Å². The maximum atomic E-state index is 12.3. The highest BCUT2D eigenvalue weighted by Gasteiger charge is 2.32. The topological polar surface area (TPSA) is 78.5 Å². The van der Waals surface area contributed by atoms with Crippen LogP contribution in [0.1, 0.15) is 59.3 Å². The summed E-state index contributed by atoms with van der Waals surface area (Å²) in [4.78, 5) is 13.7. The molecule has 156 valence electrons. The van der Waals surface area contributed by atoms with Crippen molar-refractivity contribution in [1.29, 1.82) is 0 Å². The van der Waals surface area contributed by atoms with Crippen molar-refractivity contribution in [2.45, 2.75) is 70.1 Å². The highest BCUT2D eigenvalue weighted by molar-refractivity contribution is 7.90. The van der Waals surface area contributed by atoms with Gasteiger partial charge in [0.1, 0.15) is 0 Å². The van der Waals surface area contributed by atoms with Crippen molar-refractivity contribution in [2.75, 3.05) is 23.3 Å². The summed E-state index contributed by atoms with van der Waals surface area (Å²) >= 11 is 0. The van der Waals surface area contributed by atoms with Gasteiger partial charge in [0, 0.05) is 36.9 Å². The van der Waals surface area contributed by atoms with Gasteiger partial charge in [-0.1, -0.05) is 0 Å². The Bertz CT molecular complexity index is 776. The molecule has 0 radical (unpaired) electrons. The molecule has 0 spiro atoms. The summed E-state index contributed by atoms with van der Waals surface area (Å²) in [5.74, 6) is 0.759. The van der Waals surface area contributed by atoms with Crippen LogP contribution < -0.4 is 14.9 Å². The molecule has 1 aliphatic heterocycles. The first kappa shape index (κ1) is 21.1. The number of nitrogens with one attached hydrogen (secondary N) is 2. The highest BCUT2D eigenvalue weighted by Crippen LogP contribution is 2.27. The van der Waals surface area contributed by atoms with Crippen molar-refractivity contribution in [3.63, 3.8) is 0 Å². The molecule has 2 fully saturated rings. The van der Waals surface area contributed by atoms with E-state index in [1.807, 2.05) is 29.2 Å². The first-order valence-electron chi connectivity index (χ1n) is 10.3. The van der Waals surface area contributed by atoms with Gasteiger partial charge in [-0.05, 0) is 83.1 Å². The van der Waals surface area contributed by atoms with Crippen LogP contribution >= 0.6 is 0 Å². The molecule has 1 aromatic carbocycles. The van der Waals surface area contributed by atoms with E-state index in [9.17, 15) is 13.2 Å². The molecule has 7 heteroatoms. The smallest absolute Gasteiger partial charge is 0.227 e. The molecule has 1 saturated heterocycles. The Morgan fingerprint density at radius 1 is 1.07 bits per heavy atom. The number of hydrogen-bond donors (Lipinski definition) is 2. The first-order valence-corrected chi connectivity index (χ1v) is 11.8. The second-order valence-corrected chi connectivity index (χ2v) is 11.5. The average molecular weight is 408 g/mol. The standard InChI is InChI=1S/C21H33N3O3S/c1-21(2,3)28(26,27)23-18-8-6-16(7-9-18)15-22-17-10-12-19(13-11-17)24-14-4-5-20(24)25/h10-13,16,18,22-23H,4-9,14-15H2,1-3H3. The minimum atomic E-state index is -3.28. The summed E-state index contributed by atoms with van der Waals surface area (Å²) in [5, 5.41) is 3.49. The molecule has 1 aliphatic carbocycles. The lowest BCUT2D eigenvalue weighted by molar-refractivity contribution is -0.117. The molecule has 0 atom stereocenters. The van der Waals surface area contributed by atoms with Crippen molar-refractivity contribution >= 4 is 27.3 Å². The molecule has 0 unspecified atom stereocenters. The van der Waals surface area contributed by atoms with Crippen LogP contribution in [0.5, 0.6) is 0 Å². The van der Waals surface area contributed by atoms with Gasteiger partial charge in [0.25, 0.3) is 0 Å². The minimum absolute atomic E-state index is 0.0535. The number of sulfonamides is 1. The molecular formula is C21H33N3O3S.